The molecule has 86 valence electrons. The van der Waals surface area contributed by atoms with Crippen molar-refractivity contribution in [3.05, 3.63) is 3.92 Å². The van der Waals surface area contributed by atoms with Crippen LogP contribution in [0.5, 0.6) is 0 Å². The number of hydrogen-bond acceptors (Lipinski definition) is 5. The van der Waals surface area contributed by atoms with Crippen molar-refractivity contribution in [2.75, 3.05) is 18.0 Å². The first-order valence-electron chi connectivity index (χ1n) is 5.18. The number of piperazine rings is 1. The standard InChI is InChI=1S/C9H11BrN4OS/c1-5(15)13-3-6-2-7(4-13)14(6)9-12-11-8(10)16-9/h6-7H,2-4H2,1H3. The summed E-state index contributed by atoms with van der Waals surface area (Å²) in [4.78, 5) is 15.5. The molecule has 1 aromatic rings. The molecule has 0 saturated carbocycles. The third kappa shape index (κ3) is 1.53. The fourth-order valence-corrected chi connectivity index (χ4v) is 3.71. The maximum absolute atomic E-state index is 11.3. The van der Waals surface area contributed by atoms with E-state index >= 15 is 0 Å². The lowest BCUT2D eigenvalue weighted by molar-refractivity contribution is -0.131. The molecule has 3 saturated heterocycles. The summed E-state index contributed by atoms with van der Waals surface area (Å²) < 4.78 is 0.816. The minimum atomic E-state index is 0.174. The van der Waals surface area contributed by atoms with Crippen molar-refractivity contribution in [1.82, 2.24) is 15.1 Å². The van der Waals surface area contributed by atoms with Gasteiger partial charge in [0.05, 0.1) is 12.1 Å². The van der Waals surface area contributed by atoms with Crippen molar-refractivity contribution in [1.29, 1.82) is 0 Å². The first-order chi connectivity index (χ1) is 7.65. The summed E-state index contributed by atoms with van der Waals surface area (Å²) >= 11 is 4.88. The second-order valence-corrected chi connectivity index (χ2v) is 6.44. The summed E-state index contributed by atoms with van der Waals surface area (Å²) in [6, 6.07) is 0.866. The average molecular weight is 303 g/mol. The van der Waals surface area contributed by atoms with Gasteiger partial charge in [0.15, 0.2) is 3.92 Å². The summed E-state index contributed by atoms with van der Waals surface area (Å²) in [7, 11) is 0. The Bertz CT molecular complexity index is 425. The van der Waals surface area contributed by atoms with Crippen molar-refractivity contribution in [3.8, 4) is 0 Å². The molecule has 2 unspecified atom stereocenters. The molecule has 0 aliphatic carbocycles. The smallest absolute Gasteiger partial charge is 0.219 e. The van der Waals surface area contributed by atoms with Crippen molar-refractivity contribution >= 4 is 38.3 Å². The quantitative estimate of drug-likeness (QED) is 0.780. The third-order valence-electron chi connectivity index (χ3n) is 3.25. The van der Waals surface area contributed by atoms with E-state index in [1.165, 1.54) is 6.42 Å². The third-order valence-corrected chi connectivity index (χ3v) is 4.62. The number of anilines is 1. The Kier molecular flexibility index (Phi) is 2.39. The van der Waals surface area contributed by atoms with Crippen LogP contribution in [0.2, 0.25) is 0 Å². The molecule has 2 atom stereocenters. The largest absolute Gasteiger partial charge is 0.339 e. The summed E-state index contributed by atoms with van der Waals surface area (Å²) in [6.07, 6.45) is 1.17. The van der Waals surface area contributed by atoms with Gasteiger partial charge in [-0.25, -0.2) is 0 Å². The SMILES string of the molecule is CC(=O)N1CC2CC(C1)N2c1nnc(Br)s1. The number of amides is 1. The molecule has 3 aliphatic heterocycles. The van der Waals surface area contributed by atoms with E-state index in [1.807, 2.05) is 4.90 Å². The summed E-state index contributed by atoms with van der Waals surface area (Å²) in [5, 5.41) is 9.07. The zero-order chi connectivity index (χ0) is 11.3. The van der Waals surface area contributed by atoms with Crippen LogP contribution in [0, 0.1) is 0 Å². The van der Waals surface area contributed by atoms with Gasteiger partial charge >= 0.3 is 0 Å². The fourth-order valence-electron chi connectivity index (χ4n) is 2.48. The lowest BCUT2D eigenvalue weighted by Gasteiger charge is -2.55. The molecular weight excluding hydrogens is 292 g/mol. The van der Waals surface area contributed by atoms with E-state index in [0.717, 1.165) is 22.1 Å². The van der Waals surface area contributed by atoms with Gasteiger partial charge in [-0.2, -0.15) is 0 Å². The summed E-state index contributed by atoms with van der Waals surface area (Å²) in [6.45, 7) is 3.28. The monoisotopic (exact) mass is 302 g/mol. The molecule has 0 radical (unpaired) electrons. The van der Waals surface area contributed by atoms with Crippen molar-refractivity contribution < 1.29 is 4.79 Å². The molecule has 7 heteroatoms. The number of carbonyl (C=O) groups is 1. The Labute approximate surface area is 106 Å². The van der Waals surface area contributed by atoms with Gasteiger partial charge in [-0.3, -0.25) is 4.79 Å². The lowest BCUT2D eigenvalue weighted by Crippen LogP contribution is -2.69. The molecule has 5 nitrogen and oxygen atoms in total. The number of carbonyl (C=O) groups excluding carboxylic acids is 1. The van der Waals surface area contributed by atoms with Crippen LogP contribution in [0.25, 0.3) is 0 Å². The van der Waals surface area contributed by atoms with Gasteiger partial charge in [-0.05, 0) is 22.4 Å². The van der Waals surface area contributed by atoms with E-state index in [1.54, 1.807) is 18.3 Å². The molecule has 1 aromatic heterocycles. The molecule has 1 amide bonds. The first kappa shape index (κ1) is 10.5. The van der Waals surface area contributed by atoms with E-state index in [4.69, 9.17) is 0 Å². The number of aromatic nitrogens is 2. The summed E-state index contributed by atoms with van der Waals surface area (Å²) in [5.41, 5.74) is 0. The molecule has 0 aromatic carbocycles. The van der Waals surface area contributed by atoms with E-state index in [9.17, 15) is 4.79 Å². The molecule has 3 aliphatic rings. The lowest BCUT2D eigenvalue weighted by atomic mass is 9.88. The van der Waals surface area contributed by atoms with Crippen LogP contribution < -0.4 is 4.90 Å². The van der Waals surface area contributed by atoms with E-state index in [0.29, 0.717) is 12.1 Å². The minimum Gasteiger partial charge on any atom is -0.339 e. The van der Waals surface area contributed by atoms with Gasteiger partial charge in [0.2, 0.25) is 11.0 Å². The highest BCUT2D eigenvalue weighted by molar-refractivity contribution is 9.11. The van der Waals surface area contributed by atoms with Crippen molar-refractivity contribution in [2.24, 2.45) is 0 Å². The average Bonchev–Trinajstić information content (AvgIpc) is 2.64. The number of hydrogen-bond donors (Lipinski definition) is 0. The maximum atomic E-state index is 11.3. The Morgan fingerprint density at radius 1 is 1.44 bits per heavy atom. The molecule has 0 spiro atoms. The molecule has 16 heavy (non-hydrogen) atoms. The Morgan fingerprint density at radius 3 is 2.62 bits per heavy atom. The maximum Gasteiger partial charge on any atom is 0.219 e. The van der Waals surface area contributed by atoms with Crippen LogP contribution in [0.3, 0.4) is 0 Å². The zero-order valence-electron chi connectivity index (χ0n) is 8.76. The predicted molar refractivity (Wildman–Crippen MR) is 64.5 cm³/mol. The molecule has 4 rings (SSSR count). The topological polar surface area (TPSA) is 49.3 Å². The second-order valence-electron chi connectivity index (χ2n) is 4.21. The highest BCUT2D eigenvalue weighted by atomic mass is 79.9. The highest BCUT2D eigenvalue weighted by Gasteiger charge is 2.46. The van der Waals surface area contributed by atoms with Gasteiger partial charge in [-0.15, -0.1) is 10.2 Å². The Hall–Kier alpha value is -0.690. The van der Waals surface area contributed by atoms with E-state index in [-0.39, 0.29) is 5.91 Å². The number of fused-ring (bicyclic) bond motifs is 2. The number of nitrogens with zero attached hydrogens (tertiary/aromatic N) is 4. The Balaban J connectivity index is 1.76. The van der Waals surface area contributed by atoms with E-state index in [2.05, 4.69) is 31.0 Å². The number of piperidine rings is 1. The van der Waals surface area contributed by atoms with Gasteiger partial charge in [-0.1, -0.05) is 11.3 Å². The van der Waals surface area contributed by atoms with Crippen LogP contribution in [0.15, 0.2) is 3.92 Å². The van der Waals surface area contributed by atoms with Gasteiger partial charge in [0, 0.05) is 20.0 Å². The molecular formula is C9H11BrN4OS. The highest BCUT2D eigenvalue weighted by Crippen LogP contribution is 2.39. The van der Waals surface area contributed by atoms with Crippen LogP contribution in [-0.2, 0) is 4.79 Å². The molecule has 3 fully saturated rings. The van der Waals surface area contributed by atoms with Crippen LogP contribution in [0.4, 0.5) is 5.13 Å². The number of halogens is 1. The van der Waals surface area contributed by atoms with Crippen molar-refractivity contribution in [2.45, 2.75) is 25.4 Å². The van der Waals surface area contributed by atoms with E-state index < -0.39 is 0 Å². The normalized spacial score (nSPS) is 27.9. The van der Waals surface area contributed by atoms with Crippen molar-refractivity contribution in [3.63, 3.8) is 0 Å². The minimum absolute atomic E-state index is 0.174. The molecule has 2 bridgehead atoms. The van der Waals surface area contributed by atoms with Gasteiger partial charge < -0.3 is 9.80 Å². The second kappa shape index (κ2) is 3.66. The molecule has 4 heterocycles. The predicted octanol–water partition coefficient (Wildman–Crippen LogP) is 1.11. The van der Waals surface area contributed by atoms with Crippen LogP contribution >= 0.6 is 27.3 Å². The van der Waals surface area contributed by atoms with Gasteiger partial charge in [0.25, 0.3) is 0 Å². The Morgan fingerprint density at radius 2 is 2.12 bits per heavy atom. The molecule has 0 N–H and O–H groups in total. The van der Waals surface area contributed by atoms with Gasteiger partial charge in [0.1, 0.15) is 0 Å². The number of rotatable bonds is 1. The van der Waals surface area contributed by atoms with Crippen LogP contribution in [0.1, 0.15) is 13.3 Å². The first-order valence-corrected chi connectivity index (χ1v) is 6.79. The fraction of sp³-hybridized carbons (Fsp3) is 0.667. The summed E-state index contributed by atoms with van der Waals surface area (Å²) in [5.74, 6) is 0.174. The zero-order valence-corrected chi connectivity index (χ0v) is 11.2. The van der Waals surface area contributed by atoms with Crippen LogP contribution in [-0.4, -0.2) is 46.2 Å².